The van der Waals surface area contributed by atoms with Gasteiger partial charge >= 0.3 is 0 Å². The molecule has 1 aromatic carbocycles. The Morgan fingerprint density at radius 3 is 2.40 bits per heavy atom. The highest BCUT2D eigenvalue weighted by Gasteiger charge is 2.20. The molecule has 0 unspecified atom stereocenters. The summed E-state index contributed by atoms with van der Waals surface area (Å²) in [6.07, 6.45) is 9.70. The highest BCUT2D eigenvalue weighted by Crippen LogP contribution is 2.20. The molecule has 1 fully saturated rings. The molecule has 1 amide bonds. The van der Waals surface area contributed by atoms with E-state index in [-0.39, 0.29) is 10.8 Å². The summed E-state index contributed by atoms with van der Waals surface area (Å²) in [6.45, 7) is 2.00. The van der Waals surface area contributed by atoms with Crippen molar-refractivity contribution >= 4 is 15.9 Å². The SMILES string of the molecule is O=C(c1ccc(S(=O)(=O)NCCC2=CCCCC2)cc1)N1CCCC1. The zero-order valence-corrected chi connectivity index (χ0v) is 15.4. The minimum absolute atomic E-state index is 0.0151. The maximum atomic E-state index is 12.4. The molecule has 0 aromatic heterocycles. The van der Waals surface area contributed by atoms with Crippen LogP contribution in [0.15, 0.2) is 40.8 Å². The minimum Gasteiger partial charge on any atom is -0.339 e. The summed E-state index contributed by atoms with van der Waals surface area (Å²) >= 11 is 0. The van der Waals surface area contributed by atoms with Gasteiger partial charge in [0.05, 0.1) is 4.90 Å². The zero-order chi connectivity index (χ0) is 17.7. The van der Waals surface area contributed by atoms with Gasteiger partial charge in [0.1, 0.15) is 0 Å². The van der Waals surface area contributed by atoms with Crippen molar-refractivity contribution in [2.24, 2.45) is 0 Å². The van der Waals surface area contributed by atoms with E-state index < -0.39 is 10.0 Å². The molecule has 0 spiro atoms. The molecule has 1 heterocycles. The molecule has 0 radical (unpaired) electrons. The van der Waals surface area contributed by atoms with Gasteiger partial charge in [-0.05, 0) is 69.2 Å². The van der Waals surface area contributed by atoms with Crippen LogP contribution in [-0.2, 0) is 10.0 Å². The van der Waals surface area contributed by atoms with Crippen molar-refractivity contribution in [3.05, 3.63) is 41.5 Å². The highest BCUT2D eigenvalue weighted by molar-refractivity contribution is 7.89. The number of likely N-dealkylation sites (tertiary alicyclic amines) is 1. The maximum Gasteiger partial charge on any atom is 0.253 e. The number of carbonyl (C=O) groups excluding carboxylic acids is 1. The average molecular weight is 362 g/mol. The van der Waals surface area contributed by atoms with Gasteiger partial charge in [-0.3, -0.25) is 4.79 Å². The second-order valence-corrected chi connectivity index (χ2v) is 8.55. The average Bonchev–Trinajstić information content (AvgIpc) is 3.17. The van der Waals surface area contributed by atoms with Gasteiger partial charge in [0.15, 0.2) is 0 Å². The summed E-state index contributed by atoms with van der Waals surface area (Å²) in [6, 6.07) is 6.26. The van der Waals surface area contributed by atoms with Crippen molar-refractivity contribution in [1.29, 1.82) is 0 Å². The predicted molar refractivity (Wildman–Crippen MR) is 97.9 cm³/mol. The van der Waals surface area contributed by atoms with Crippen LogP contribution >= 0.6 is 0 Å². The molecule has 1 aliphatic carbocycles. The Hall–Kier alpha value is -1.66. The fraction of sp³-hybridized carbons (Fsp3) is 0.526. The number of sulfonamides is 1. The smallest absolute Gasteiger partial charge is 0.253 e. The Kier molecular flexibility index (Phi) is 5.91. The Bertz CT molecular complexity index is 732. The molecule has 0 saturated carbocycles. The number of benzene rings is 1. The van der Waals surface area contributed by atoms with E-state index in [0.717, 1.165) is 45.2 Å². The molecule has 1 saturated heterocycles. The second-order valence-electron chi connectivity index (χ2n) is 6.78. The lowest BCUT2D eigenvalue weighted by Gasteiger charge is -2.15. The molecule has 1 aromatic rings. The summed E-state index contributed by atoms with van der Waals surface area (Å²) in [5.74, 6) is -0.0151. The van der Waals surface area contributed by atoms with E-state index >= 15 is 0 Å². The van der Waals surface area contributed by atoms with Crippen LogP contribution in [0.2, 0.25) is 0 Å². The largest absolute Gasteiger partial charge is 0.339 e. The van der Waals surface area contributed by atoms with Crippen LogP contribution in [0.5, 0.6) is 0 Å². The van der Waals surface area contributed by atoms with Crippen LogP contribution in [0.1, 0.15) is 55.3 Å². The summed E-state index contributed by atoms with van der Waals surface area (Å²) in [4.78, 5) is 14.3. The fourth-order valence-electron chi connectivity index (χ4n) is 3.44. The quantitative estimate of drug-likeness (QED) is 0.791. The molecule has 136 valence electrons. The van der Waals surface area contributed by atoms with Crippen molar-refractivity contribution in [1.82, 2.24) is 9.62 Å². The second kappa shape index (κ2) is 8.15. The highest BCUT2D eigenvalue weighted by atomic mass is 32.2. The molecular weight excluding hydrogens is 336 g/mol. The number of carbonyl (C=O) groups is 1. The third kappa shape index (κ3) is 4.70. The lowest BCUT2D eigenvalue weighted by molar-refractivity contribution is 0.0792. The van der Waals surface area contributed by atoms with Gasteiger partial charge in [-0.1, -0.05) is 11.6 Å². The Morgan fingerprint density at radius 2 is 1.76 bits per heavy atom. The van der Waals surface area contributed by atoms with E-state index in [1.807, 2.05) is 4.90 Å². The van der Waals surface area contributed by atoms with Gasteiger partial charge in [-0.15, -0.1) is 0 Å². The molecule has 25 heavy (non-hydrogen) atoms. The topological polar surface area (TPSA) is 66.5 Å². The van der Waals surface area contributed by atoms with Crippen molar-refractivity contribution in [2.45, 2.75) is 49.8 Å². The van der Waals surface area contributed by atoms with Gasteiger partial charge in [0.25, 0.3) is 5.91 Å². The number of amides is 1. The van der Waals surface area contributed by atoms with Crippen LogP contribution in [0.25, 0.3) is 0 Å². The molecule has 1 aliphatic heterocycles. The molecule has 2 aliphatic rings. The molecular formula is C19H26N2O3S. The van der Waals surface area contributed by atoms with Crippen molar-refractivity contribution in [3.63, 3.8) is 0 Å². The molecule has 0 bridgehead atoms. The van der Waals surface area contributed by atoms with Crippen LogP contribution in [0, 0.1) is 0 Å². The predicted octanol–water partition coefficient (Wildman–Crippen LogP) is 3.09. The van der Waals surface area contributed by atoms with Crippen LogP contribution in [0.3, 0.4) is 0 Å². The van der Waals surface area contributed by atoms with Crippen molar-refractivity contribution in [2.75, 3.05) is 19.6 Å². The van der Waals surface area contributed by atoms with Gasteiger partial charge in [0.2, 0.25) is 10.0 Å². The third-order valence-corrected chi connectivity index (χ3v) is 6.40. The van der Waals surface area contributed by atoms with E-state index in [1.54, 1.807) is 12.1 Å². The molecule has 5 nitrogen and oxygen atoms in total. The number of rotatable bonds is 6. The monoisotopic (exact) mass is 362 g/mol. The first-order valence-electron chi connectivity index (χ1n) is 9.13. The lowest BCUT2D eigenvalue weighted by atomic mass is 9.97. The number of hydrogen-bond acceptors (Lipinski definition) is 3. The molecule has 1 N–H and O–H groups in total. The van der Waals surface area contributed by atoms with Crippen LogP contribution in [0.4, 0.5) is 0 Å². The fourth-order valence-corrected chi connectivity index (χ4v) is 4.47. The number of allylic oxidation sites excluding steroid dienone is 1. The maximum absolute atomic E-state index is 12.4. The minimum atomic E-state index is -3.52. The van der Waals surface area contributed by atoms with E-state index in [1.165, 1.54) is 30.5 Å². The number of nitrogens with zero attached hydrogens (tertiary/aromatic N) is 1. The van der Waals surface area contributed by atoms with Gasteiger partial charge < -0.3 is 4.90 Å². The summed E-state index contributed by atoms with van der Waals surface area (Å²) in [7, 11) is -3.52. The third-order valence-electron chi connectivity index (χ3n) is 4.93. The first-order valence-corrected chi connectivity index (χ1v) is 10.6. The van der Waals surface area contributed by atoms with Crippen LogP contribution < -0.4 is 4.72 Å². The van der Waals surface area contributed by atoms with E-state index in [9.17, 15) is 13.2 Å². The Labute approximate surface area is 150 Å². The summed E-state index contributed by atoms with van der Waals surface area (Å²) < 4.78 is 27.4. The molecule has 3 rings (SSSR count). The molecule has 6 heteroatoms. The van der Waals surface area contributed by atoms with E-state index in [4.69, 9.17) is 0 Å². The first kappa shape index (κ1) is 18.1. The van der Waals surface area contributed by atoms with Crippen molar-refractivity contribution in [3.8, 4) is 0 Å². The first-order chi connectivity index (χ1) is 12.1. The van der Waals surface area contributed by atoms with Gasteiger partial charge in [-0.2, -0.15) is 0 Å². The lowest BCUT2D eigenvalue weighted by Crippen LogP contribution is -2.28. The normalized spacial score (nSPS) is 18.2. The van der Waals surface area contributed by atoms with Crippen LogP contribution in [-0.4, -0.2) is 38.9 Å². The van der Waals surface area contributed by atoms with E-state index in [0.29, 0.717) is 12.1 Å². The number of nitrogens with one attached hydrogen (secondary N) is 1. The van der Waals surface area contributed by atoms with Crippen molar-refractivity contribution < 1.29 is 13.2 Å². The Balaban J connectivity index is 1.58. The molecule has 0 atom stereocenters. The van der Waals surface area contributed by atoms with E-state index in [2.05, 4.69) is 10.8 Å². The number of hydrogen-bond donors (Lipinski definition) is 1. The summed E-state index contributed by atoms with van der Waals surface area (Å²) in [5, 5.41) is 0. The zero-order valence-electron chi connectivity index (χ0n) is 14.5. The summed E-state index contributed by atoms with van der Waals surface area (Å²) in [5.41, 5.74) is 1.90. The standard InChI is InChI=1S/C19H26N2O3S/c22-19(21-14-4-5-15-21)17-8-10-18(11-9-17)25(23,24)20-13-12-16-6-2-1-3-7-16/h6,8-11,20H,1-5,7,12-15H2. The van der Waals surface area contributed by atoms with Gasteiger partial charge in [-0.25, -0.2) is 13.1 Å². The van der Waals surface area contributed by atoms with Gasteiger partial charge in [0, 0.05) is 25.2 Å². The Morgan fingerprint density at radius 1 is 1.04 bits per heavy atom.